The molecule has 2 aromatic carbocycles. The van der Waals surface area contributed by atoms with E-state index in [2.05, 4.69) is 21.2 Å². The zero-order valence-corrected chi connectivity index (χ0v) is 15.8. The first-order valence-corrected chi connectivity index (χ1v) is 9.50. The third-order valence-electron chi connectivity index (χ3n) is 5.05. The first-order chi connectivity index (χ1) is 12.6. The van der Waals surface area contributed by atoms with Gasteiger partial charge >= 0.3 is 6.03 Å². The number of carbonyl (C=O) groups is 2. The highest BCUT2D eigenvalue weighted by Crippen LogP contribution is 2.39. The molecule has 5 nitrogen and oxygen atoms in total. The molecule has 1 fully saturated rings. The Balaban J connectivity index is 1.49. The summed E-state index contributed by atoms with van der Waals surface area (Å²) < 4.78 is 6.64. The van der Waals surface area contributed by atoms with Gasteiger partial charge in [-0.05, 0) is 54.7 Å². The SMILES string of the molecule is O=C1N[C@]2(CCCc3ccccc32)C(=O)N1CCOc1ccc(Br)cc1. The lowest BCUT2D eigenvalue weighted by atomic mass is 9.76. The fourth-order valence-electron chi connectivity index (χ4n) is 3.80. The van der Waals surface area contributed by atoms with E-state index in [0.29, 0.717) is 12.2 Å². The highest BCUT2D eigenvalue weighted by Gasteiger charge is 2.53. The number of urea groups is 1. The maximum absolute atomic E-state index is 13.1. The Morgan fingerprint density at radius 3 is 2.69 bits per heavy atom. The number of ether oxygens (including phenoxy) is 1. The van der Waals surface area contributed by atoms with E-state index >= 15 is 0 Å². The Morgan fingerprint density at radius 1 is 1.12 bits per heavy atom. The van der Waals surface area contributed by atoms with Gasteiger partial charge in [0.2, 0.25) is 0 Å². The fraction of sp³-hybridized carbons (Fsp3) is 0.300. The summed E-state index contributed by atoms with van der Waals surface area (Å²) >= 11 is 3.38. The lowest BCUT2D eigenvalue weighted by Crippen LogP contribution is -2.46. The predicted octanol–water partition coefficient (Wildman–Crippen LogP) is 3.61. The van der Waals surface area contributed by atoms with Gasteiger partial charge in [-0.25, -0.2) is 4.79 Å². The lowest BCUT2D eigenvalue weighted by molar-refractivity contribution is -0.132. The van der Waals surface area contributed by atoms with Gasteiger partial charge in [0.15, 0.2) is 0 Å². The summed E-state index contributed by atoms with van der Waals surface area (Å²) in [6.45, 7) is 0.489. The van der Waals surface area contributed by atoms with Gasteiger partial charge in [-0.15, -0.1) is 0 Å². The molecule has 1 atom stereocenters. The summed E-state index contributed by atoms with van der Waals surface area (Å²) in [6, 6.07) is 15.0. The molecule has 26 heavy (non-hydrogen) atoms. The Hall–Kier alpha value is -2.34. The molecule has 1 saturated heterocycles. The van der Waals surface area contributed by atoms with Crippen molar-refractivity contribution in [1.29, 1.82) is 0 Å². The minimum atomic E-state index is -0.913. The van der Waals surface area contributed by atoms with Gasteiger partial charge in [-0.3, -0.25) is 9.69 Å². The van der Waals surface area contributed by atoms with Crippen LogP contribution in [0, 0.1) is 0 Å². The topological polar surface area (TPSA) is 58.6 Å². The van der Waals surface area contributed by atoms with Crippen LogP contribution in [0.1, 0.15) is 24.0 Å². The van der Waals surface area contributed by atoms with E-state index in [-0.39, 0.29) is 25.1 Å². The van der Waals surface area contributed by atoms with Crippen LogP contribution in [0.2, 0.25) is 0 Å². The number of rotatable bonds is 4. The number of carbonyl (C=O) groups excluding carboxylic acids is 2. The third-order valence-corrected chi connectivity index (χ3v) is 5.58. The van der Waals surface area contributed by atoms with Crippen LogP contribution in [0.25, 0.3) is 0 Å². The van der Waals surface area contributed by atoms with Crippen molar-refractivity contribution in [3.63, 3.8) is 0 Å². The molecule has 0 radical (unpaired) electrons. The number of halogens is 1. The van der Waals surface area contributed by atoms with Crippen LogP contribution < -0.4 is 10.1 Å². The Labute approximate surface area is 160 Å². The summed E-state index contributed by atoms with van der Waals surface area (Å²) in [5.74, 6) is 0.534. The molecule has 2 aliphatic rings. The summed E-state index contributed by atoms with van der Waals surface area (Å²) in [7, 11) is 0. The van der Waals surface area contributed by atoms with Crippen LogP contribution in [-0.4, -0.2) is 30.0 Å². The van der Waals surface area contributed by atoms with E-state index in [4.69, 9.17) is 4.74 Å². The van der Waals surface area contributed by atoms with Gasteiger partial charge in [-0.2, -0.15) is 0 Å². The van der Waals surface area contributed by atoms with E-state index in [1.165, 1.54) is 4.90 Å². The van der Waals surface area contributed by atoms with Crippen molar-refractivity contribution in [2.24, 2.45) is 0 Å². The number of benzene rings is 2. The fourth-order valence-corrected chi connectivity index (χ4v) is 4.06. The van der Waals surface area contributed by atoms with Gasteiger partial charge < -0.3 is 10.1 Å². The highest BCUT2D eigenvalue weighted by atomic mass is 79.9. The molecule has 1 spiro atoms. The van der Waals surface area contributed by atoms with Crippen LogP contribution in [-0.2, 0) is 16.8 Å². The summed E-state index contributed by atoms with van der Waals surface area (Å²) in [5.41, 5.74) is 1.16. The second kappa shape index (κ2) is 6.76. The summed E-state index contributed by atoms with van der Waals surface area (Å²) in [4.78, 5) is 26.9. The quantitative estimate of drug-likeness (QED) is 0.777. The molecular weight excluding hydrogens is 396 g/mol. The van der Waals surface area contributed by atoms with Crippen molar-refractivity contribution in [2.75, 3.05) is 13.2 Å². The zero-order valence-electron chi connectivity index (χ0n) is 14.2. The van der Waals surface area contributed by atoms with Crippen molar-refractivity contribution in [2.45, 2.75) is 24.8 Å². The molecule has 3 amide bonds. The van der Waals surface area contributed by atoms with Crippen molar-refractivity contribution in [3.05, 3.63) is 64.1 Å². The monoisotopic (exact) mass is 414 g/mol. The van der Waals surface area contributed by atoms with Crippen LogP contribution in [0.5, 0.6) is 5.75 Å². The number of aryl methyl sites for hydroxylation is 1. The van der Waals surface area contributed by atoms with E-state index < -0.39 is 5.54 Å². The summed E-state index contributed by atoms with van der Waals surface area (Å²) in [5, 5.41) is 2.96. The molecule has 0 saturated carbocycles. The Bertz CT molecular complexity index is 852. The second-order valence-electron chi connectivity index (χ2n) is 6.61. The molecule has 1 aliphatic heterocycles. The normalized spacial score (nSPS) is 21.7. The standard InChI is InChI=1S/C20H19BrN2O3/c21-15-7-9-16(10-8-15)26-13-12-23-18(24)20(22-19(23)25)11-3-5-14-4-1-2-6-17(14)20/h1-2,4,6-10H,3,5,11-13H2,(H,22,25)/t20-/m0/s1. The Morgan fingerprint density at radius 2 is 1.88 bits per heavy atom. The Kier molecular flexibility index (Phi) is 4.44. The number of hydrogen-bond donors (Lipinski definition) is 1. The zero-order chi connectivity index (χ0) is 18.1. The molecule has 0 unspecified atom stereocenters. The lowest BCUT2D eigenvalue weighted by Gasteiger charge is -2.33. The number of imide groups is 1. The molecule has 2 aromatic rings. The van der Waals surface area contributed by atoms with Crippen LogP contribution in [0.15, 0.2) is 53.0 Å². The van der Waals surface area contributed by atoms with Crippen LogP contribution in [0.4, 0.5) is 4.79 Å². The first-order valence-electron chi connectivity index (χ1n) is 8.71. The molecule has 6 heteroatoms. The van der Waals surface area contributed by atoms with E-state index in [1.54, 1.807) is 0 Å². The molecule has 4 rings (SSSR count). The second-order valence-corrected chi connectivity index (χ2v) is 7.52. The van der Waals surface area contributed by atoms with Crippen molar-refractivity contribution in [1.82, 2.24) is 10.2 Å². The number of nitrogens with zero attached hydrogens (tertiary/aromatic N) is 1. The van der Waals surface area contributed by atoms with Gasteiger partial charge in [-0.1, -0.05) is 40.2 Å². The smallest absolute Gasteiger partial charge is 0.325 e. The van der Waals surface area contributed by atoms with Crippen LogP contribution >= 0.6 is 15.9 Å². The molecular formula is C20H19BrN2O3. The van der Waals surface area contributed by atoms with Gasteiger partial charge in [0.25, 0.3) is 5.91 Å². The van der Waals surface area contributed by atoms with E-state index in [1.807, 2.05) is 48.5 Å². The van der Waals surface area contributed by atoms with Gasteiger partial charge in [0.1, 0.15) is 17.9 Å². The maximum atomic E-state index is 13.1. The van der Waals surface area contributed by atoms with E-state index in [9.17, 15) is 9.59 Å². The molecule has 1 heterocycles. The first kappa shape index (κ1) is 17.1. The predicted molar refractivity (Wildman–Crippen MR) is 101 cm³/mol. The van der Waals surface area contributed by atoms with Crippen LogP contribution in [0.3, 0.4) is 0 Å². The average molecular weight is 415 g/mol. The van der Waals surface area contributed by atoms with Crippen molar-refractivity contribution >= 4 is 27.9 Å². The van der Waals surface area contributed by atoms with Gasteiger partial charge in [0, 0.05) is 4.47 Å². The summed E-state index contributed by atoms with van der Waals surface area (Å²) in [6.07, 6.45) is 2.46. The molecule has 1 aliphatic carbocycles. The maximum Gasteiger partial charge on any atom is 0.325 e. The number of hydrogen-bond acceptors (Lipinski definition) is 3. The minimum absolute atomic E-state index is 0.172. The largest absolute Gasteiger partial charge is 0.492 e. The van der Waals surface area contributed by atoms with E-state index in [0.717, 1.165) is 28.4 Å². The average Bonchev–Trinajstić information content (AvgIpc) is 2.88. The van der Waals surface area contributed by atoms with Gasteiger partial charge in [0.05, 0.1) is 6.54 Å². The minimum Gasteiger partial charge on any atom is -0.492 e. The highest BCUT2D eigenvalue weighted by molar-refractivity contribution is 9.10. The van der Waals surface area contributed by atoms with Crippen molar-refractivity contribution < 1.29 is 14.3 Å². The molecule has 1 N–H and O–H groups in total. The number of amides is 3. The third kappa shape index (κ3) is 2.88. The number of nitrogens with one attached hydrogen (secondary N) is 1. The molecule has 0 aromatic heterocycles. The molecule has 134 valence electrons. The number of fused-ring (bicyclic) bond motifs is 2. The van der Waals surface area contributed by atoms with Crippen molar-refractivity contribution in [3.8, 4) is 5.75 Å². The molecule has 0 bridgehead atoms.